The number of hydrogen-bond donors (Lipinski definition) is 1. The molecule has 0 fully saturated rings. The van der Waals surface area contributed by atoms with Gasteiger partial charge in [-0.25, -0.2) is 8.78 Å². The van der Waals surface area contributed by atoms with Gasteiger partial charge in [0.25, 0.3) is 0 Å². The van der Waals surface area contributed by atoms with Crippen molar-refractivity contribution in [1.82, 2.24) is 0 Å². The lowest BCUT2D eigenvalue weighted by Gasteiger charge is -2.19. The molecule has 19 heavy (non-hydrogen) atoms. The number of anilines is 1. The zero-order valence-electron chi connectivity index (χ0n) is 10.5. The van der Waals surface area contributed by atoms with E-state index in [-0.39, 0.29) is 16.9 Å². The molecule has 0 aliphatic carbocycles. The Morgan fingerprint density at radius 3 is 2.47 bits per heavy atom. The quantitative estimate of drug-likeness (QED) is 0.814. The zero-order valence-corrected chi connectivity index (χ0v) is 11.2. The minimum absolute atomic E-state index is 0.0494. The van der Waals surface area contributed by atoms with E-state index in [2.05, 4.69) is 5.32 Å². The molecule has 0 spiro atoms. The summed E-state index contributed by atoms with van der Waals surface area (Å²) in [6.07, 6.45) is 0.704. The highest BCUT2D eigenvalue weighted by atomic mass is 35.5. The van der Waals surface area contributed by atoms with Crippen LogP contribution >= 0.6 is 11.6 Å². The molecule has 0 aliphatic rings. The Hall–Kier alpha value is -1.61. The van der Waals surface area contributed by atoms with Crippen molar-refractivity contribution in [1.29, 1.82) is 0 Å². The van der Waals surface area contributed by atoms with Crippen LogP contribution in [0.25, 0.3) is 0 Å². The van der Waals surface area contributed by atoms with Crippen LogP contribution in [0.1, 0.15) is 24.9 Å². The molecular formula is C15H14ClF2N. The van der Waals surface area contributed by atoms with Gasteiger partial charge in [-0.3, -0.25) is 0 Å². The van der Waals surface area contributed by atoms with Crippen LogP contribution in [0.4, 0.5) is 14.5 Å². The van der Waals surface area contributed by atoms with Gasteiger partial charge in [-0.15, -0.1) is 0 Å². The lowest BCUT2D eigenvalue weighted by Crippen LogP contribution is -2.11. The number of hydrogen-bond acceptors (Lipinski definition) is 1. The summed E-state index contributed by atoms with van der Waals surface area (Å²) in [5, 5.41) is 3.21. The van der Waals surface area contributed by atoms with Crippen molar-refractivity contribution in [3.05, 3.63) is 64.7 Å². The predicted octanol–water partition coefficient (Wildman–Crippen LogP) is 5.18. The molecule has 2 rings (SSSR count). The van der Waals surface area contributed by atoms with Crippen LogP contribution in [0.15, 0.2) is 42.5 Å². The van der Waals surface area contributed by atoms with Crippen LogP contribution in [-0.4, -0.2) is 0 Å². The van der Waals surface area contributed by atoms with Crippen LogP contribution in [0.5, 0.6) is 0 Å². The standard InChI is InChI=1S/C15H14ClF2N/c1-2-15(11-5-3-4-6-13(11)17)19-10-7-8-14(18)12(16)9-10/h3-9,15,19H,2H2,1H3. The SMILES string of the molecule is CCC(Nc1ccc(F)c(Cl)c1)c1ccccc1F. The highest BCUT2D eigenvalue weighted by Crippen LogP contribution is 2.27. The Morgan fingerprint density at radius 1 is 1.11 bits per heavy atom. The third-order valence-corrected chi connectivity index (χ3v) is 3.24. The van der Waals surface area contributed by atoms with Crippen LogP contribution in [0.3, 0.4) is 0 Å². The van der Waals surface area contributed by atoms with Crippen molar-refractivity contribution in [3.63, 3.8) is 0 Å². The summed E-state index contributed by atoms with van der Waals surface area (Å²) in [6.45, 7) is 1.95. The van der Waals surface area contributed by atoms with Gasteiger partial charge in [0, 0.05) is 11.3 Å². The number of halogens is 3. The fourth-order valence-corrected chi connectivity index (χ4v) is 2.13. The Bertz CT molecular complexity index is 572. The Labute approximate surface area is 116 Å². The molecule has 0 heterocycles. The molecule has 0 amide bonds. The minimum atomic E-state index is -0.467. The molecule has 4 heteroatoms. The van der Waals surface area contributed by atoms with E-state index in [4.69, 9.17) is 11.6 Å². The van der Waals surface area contributed by atoms with Gasteiger partial charge < -0.3 is 5.32 Å². The van der Waals surface area contributed by atoms with E-state index >= 15 is 0 Å². The van der Waals surface area contributed by atoms with E-state index in [1.807, 2.05) is 6.92 Å². The molecule has 0 aromatic heterocycles. The maximum Gasteiger partial charge on any atom is 0.141 e. The summed E-state index contributed by atoms with van der Waals surface area (Å²) >= 11 is 5.73. The summed E-state index contributed by atoms with van der Waals surface area (Å²) in [5.41, 5.74) is 1.26. The lowest BCUT2D eigenvalue weighted by molar-refractivity contribution is 0.587. The monoisotopic (exact) mass is 281 g/mol. The van der Waals surface area contributed by atoms with Gasteiger partial charge in [0.2, 0.25) is 0 Å². The maximum atomic E-state index is 13.7. The van der Waals surface area contributed by atoms with Gasteiger partial charge in [-0.1, -0.05) is 36.7 Å². The van der Waals surface area contributed by atoms with Crippen LogP contribution < -0.4 is 5.32 Å². The van der Waals surface area contributed by atoms with E-state index in [0.717, 1.165) is 0 Å². The van der Waals surface area contributed by atoms with Crippen molar-refractivity contribution in [2.24, 2.45) is 0 Å². The predicted molar refractivity (Wildman–Crippen MR) is 74.5 cm³/mol. The number of rotatable bonds is 4. The molecule has 0 radical (unpaired) electrons. The molecule has 2 aromatic rings. The third-order valence-electron chi connectivity index (χ3n) is 2.95. The Balaban J connectivity index is 2.24. The first-order valence-corrected chi connectivity index (χ1v) is 6.45. The summed E-state index contributed by atoms with van der Waals surface area (Å²) in [5.74, 6) is -0.721. The van der Waals surface area contributed by atoms with E-state index in [9.17, 15) is 8.78 Å². The first kappa shape index (κ1) is 13.8. The van der Waals surface area contributed by atoms with Gasteiger partial charge in [0.15, 0.2) is 0 Å². The van der Waals surface area contributed by atoms with Gasteiger partial charge in [0.05, 0.1) is 11.1 Å². The highest BCUT2D eigenvalue weighted by molar-refractivity contribution is 6.31. The van der Waals surface area contributed by atoms with Crippen molar-refractivity contribution in [2.75, 3.05) is 5.32 Å². The smallest absolute Gasteiger partial charge is 0.141 e. The summed E-state index contributed by atoms with van der Waals surface area (Å²) < 4.78 is 26.8. The topological polar surface area (TPSA) is 12.0 Å². The van der Waals surface area contributed by atoms with Crippen molar-refractivity contribution >= 4 is 17.3 Å². The van der Waals surface area contributed by atoms with Gasteiger partial charge in [-0.2, -0.15) is 0 Å². The fraction of sp³-hybridized carbons (Fsp3) is 0.200. The second kappa shape index (κ2) is 6.02. The van der Waals surface area contributed by atoms with Gasteiger partial charge in [-0.05, 0) is 30.7 Å². The largest absolute Gasteiger partial charge is 0.378 e. The lowest BCUT2D eigenvalue weighted by atomic mass is 10.0. The average Bonchev–Trinajstić information content (AvgIpc) is 2.41. The summed E-state index contributed by atoms with van der Waals surface area (Å²) in [6, 6.07) is 10.8. The number of benzene rings is 2. The van der Waals surface area contributed by atoms with Crippen LogP contribution in [0.2, 0.25) is 5.02 Å². The van der Waals surface area contributed by atoms with E-state index in [1.54, 1.807) is 24.3 Å². The average molecular weight is 282 g/mol. The van der Waals surface area contributed by atoms with Crippen LogP contribution in [0, 0.1) is 11.6 Å². The molecule has 1 atom stereocenters. The first-order valence-electron chi connectivity index (χ1n) is 6.08. The molecule has 2 aromatic carbocycles. The summed E-state index contributed by atoms with van der Waals surface area (Å²) in [7, 11) is 0. The molecule has 0 saturated carbocycles. The normalized spacial score (nSPS) is 12.2. The Kier molecular flexibility index (Phi) is 4.38. The molecule has 1 nitrogen and oxygen atoms in total. The van der Waals surface area contributed by atoms with E-state index < -0.39 is 5.82 Å². The Morgan fingerprint density at radius 2 is 1.84 bits per heavy atom. The van der Waals surface area contributed by atoms with Crippen LogP contribution in [-0.2, 0) is 0 Å². The molecule has 0 bridgehead atoms. The molecule has 0 saturated heterocycles. The second-order valence-electron chi connectivity index (χ2n) is 4.26. The summed E-state index contributed by atoms with van der Waals surface area (Å²) in [4.78, 5) is 0. The molecule has 100 valence electrons. The second-order valence-corrected chi connectivity index (χ2v) is 4.66. The van der Waals surface area contributed by atoms with E-state index in [1.165, 1.54) is 18.2 Å². The minimum Gasteiger partial charge on any atom is -0.378 e. The van der Waals surface area contributed by atoms with Gasteiger partial charge >= 0.3 is 0 Å². The zero-order chi connectivity index (χ0) is 13.8. The fourth-order valence-electron chi connectivity index (χ4n) is 1.94. The molecular weight excluding hydrogens is 268 g/mol. The molecule has 0 aliphatic heterocycles. The highest BCUT2D eigenvalue weighted by Gasteiger charge is 2.13. The molecule has 1 N–H and O–H groups in total. The van der Waals surface area contributed by atoms with Crippen molar-refractivity contribution in [2.45, 2.75) is 19.4 Å². The molecule has 1 unspecified atom stereocenters. The van der Waals surface area contributed by atoms with Gasteiger partial charge in [0.1, 0.15) is 11.6 Å². The number of nitrogens with one attached hydrogen (secondary N) is 1. The van der Waals surface area contributed by atoms with Crippen molar-refractivity contribution < 1.29 is 8.78 Å². The van der Waals surface area contributed by atoms with Crippen molar-refractivity contribution in [3.8, 4) is 0 Å². The van der Waals surface area contributed by atoms with E-state index in [0.29, 0.717) is 17.7 Å². The maximum absolute atomic E-state index is 13.7. The first-order chi connectivity index (χ1) is 9.11. The third kappa shape index (κ3) is 3.24.